The number of amides is 1. The van der Waals surface area contributed by atoms with Crippen molar-refractivity contribution in [1.29, 1.82) is 0 Å². The third-order valence-electron chi connectivity index (χ3n) is 4.98. The Hall–Kier alpha value is -4.85. The van der Waals surface area contributed by atoms with Gasteiger partial charge in [-0.1, -0.05) is 6.07 Å². The lowest BCUT2D eigenvalue weighted by molar-refractivity contribution is 0.102. The van der Waals surface area contributed by atoms with E-state index in [2.05, 4.69) is 30.6 Å². The van der Waals surface area contributed by atoms with Crippen LogP contribution < -0.4 is 10.6 Å². The van der Waals surface area contributed by atoms with Crippen molar-refractivity contribution in [2.75, 3.05) is 10.6 Å². The van der Waals surface area contributed by atoms with Crippen LogP contribution >= 0.6 is 0 Å². The van der Waals surface area contributed by atoms with Gasteiger partial charge in [-0.05, 0) is 80.2 Å². The molecule has 0 aliphatic rings. The van der Waals surface area contributed by atoms with Crippen molar-refractivity contribution in [3.8, 4) is 16.9 Å². The van der Waals surface area contributed by atoms with E-state index in [1.165, 1.54) is 48.3 Å². The van der Waals surface area contributed by atoms with Crippen LogP contribution in [0.25, 0.3) is 16.9 Å². The van der Waals surface area contributed by atoms with Crippen molar-refractivity contribution >= 4 is 23.2 Å². The van der Waals surface area contributed by atoms with E-state index < -0.39 is 37.2 Å². The topological polar surface area (TPSA) is 97.6 Å². The van der Waals surface area contributed by atoms with Gasteiger partial charge < -0.3 is 15.2 Å². The Morgan fingerprint density at radius 1 is 1.14 bits per heavy atom. The predicted octanol–water partition coefficient (Wildman–Crippen LogP) is 5.65. The highest BCUT2D eigenvalue weighted by Crippen LogP contribution is 2.24. The Morgan fingerprint density at radius 2 is 2.06 bits per heavy atom. The molecular weight excluding hydrogens is 450 g/mol. The summed E-state index contributed by atoms with van der Waals surface area (Å²) in [6, 6.07) is 3.63. The van der Waals surface area contributed by atoms with Crippen LogP contribution in [0.15, 0.2) is 85.5 Å². The number of nitrogens with one attached hydrogen (secondary N) is 2. The number of aromatic nitrogens is 5. The average Bonchev–Trinajstić information content (AvgIpc) is 3.42. The van der Waals surface area contributed by atoms with Crippen LogP contribution in [0.2, 0.25) is 0 Å². The van der Waals surface area contributed by atoms with Crippen molar-refractivity contribution in [3.05, 3.63) is 108 Å². The highest BCUT2D eigenvalue weighted by Gasteiger charge is 2.12. The Balaban J connectivity index is 1.53. The molecule has 2 aromatic carbocycles. The largest absolute Gasteiger partial charge is 0.324 e. The number of imidazole rings is 1. The van der Waals surface area contributed by atoms with Crippen molar-refractivity contribution in [3.63, 3.8) is 0 Å². The van der Waals surface area contributed by atoms with Crippen molar-refractivity contribution in [2.45, 2.75) is 20.7 Å². The average molecular weight is 486 g/mol. The number of carbonyl (C=O) groups is 1. The molecule has 0 radical (unpaired) electrons. The van der Waals surface area contributed by atoms with Crippen LogP contribution in [-0.2, 0) is 0 Å². The second kappa shape index (κ2) is 9.79. The van der Waals surface area contributed by atoms with Crippen molar-refractivity contribution < 1.29 is 18.5 Å². The minimum atomic E-state index is -2.63. The van der Waals surface area contributed by atoms with Gasteiger partial charge in [-0.25, -0.2) is 15.0 Å². The first-order valence-corrected chi connectivity index (χ1v) is 10.7. The standard InChI is InChI=1S/C28H25N7O/c1-18-11-23(14-24(12-18)35-16-20(3)31-17-35)32-27(36)21-7-6-19(2)26(13-21)34-28-30-10-8-25(33-28)22-5-4-9-29-15-22/h4-17H,1-3H3,(H,32,36)(H,30,33,34)/i2D3,4D,5D,9D,11D,12D,14D,15D. The number of hydrogen-bond acceptors (Lipinski definition) is 6. The fourth-order valence-electron chi connectivity index (χ4n) is 3.32. The van der Waals surface area contributed by atoms with Crippen LogP contribution in [0.5, 0.6) is 0 Å². The maximum atomic E-state index is 13.5. The molecule has 3 heterocycles. The molecule has 0 atom stereocenters. The van der Waals surface area contributed by atoms with E-state index in [0.29, 0.717) is 5.69 Å². The highest BCUT2D eigenvalue weighted by molar-refractivity contribution is 6.05. The van der Waals surface area contributed by atoms with Gasteiger partial charge in [0.05, 0.1) is 27.3 Å². The summed E-state index contributed by atoms with van der Waals surface area (Å²) >= 11 is 0. The second-order valence-electron chi connectivity index (χ2n) is 7.71. The second-order valence-corrected chi connectivity index (χ2v) is 7.71. The number of pyridine rings is 1. The molecule has 36 heavy (non-hydrogen) atoms. The Kier molecular flexibility index (Phi) is 3.78. The molecule has 0 aliphatic heterocycles. The Labute approximate surface area is 223 Å². The van der Waals surface area contributed by atoms with Crippen LogP contribution in [0, 0.1) is 20.7 Å². The molecule has 0 unspecified atom stereocenters. The number of hydrogen-bond donors (Lipinski definition) is 2. The van der Waals surface area contributed by atoms with E-state index in [0.717, 1.165) is 0 Å². The summed E-state index contributed by atoms with van der Waals surface area (Å²) in [5.41, 5.74) is 0.478. The fraction of sp³-hybridized carbons (Fsp3) is 0.107. The van der Waals surface area contributed by atoms with Crippen LogP contribution in [0.3, 0.4) is 0 Å². The van der Waals surface area contributed by atoms with E-state index in [-0.39, 0.29) is 69.1 Å². The van der Waals surface area contributed by atoms with Gasteiger partial charge in [0.2, 0.25) is 5.95 Å². The van der Waals surface area contributed by atoms with E-state index in [4.69, 9.17) is 13.7 Å². The van der Waals surface area contributed by atoms with Crippen LogP contribution in [0.4, 0.5) is 17.3 Å². The summed E-state index contributed by atoms with van der Waals surface area (Å²) in [4.78, 5) is 29.7. The Bertz CT molecular complexity index is 2030. The molecule has 0 spiro atoms. The summed E-state index contributed by atoms with van der Waals surface area (Å²) in [6.07, 6.45) is 3.36. The molecule has 0 saturated carbocycles. The molecule has 3 aromatic heterocycles. The third kappa shape index (κ3) is 5.12. The van der Waals surface area contributed by atoms with E-state index in [9.17, 15) is 4.79 Å². The third-order valence-corrected chi connectivity index (χ3v) is 4.98. The summed E-state index contributed by atoms with van der Waals surface area (Å²) in [5.74, 6) is -0.909. The van der Waals surface area contributed by atoms with Gasteiger partial charge in [-0.15, -0.1) is 0 Å². The molecule has 5 aromatic rings. The summed E-state index contributed by atoms with van der Waals surface area (Å²) in [5, 5.41) is 5.36. The molecule has 0 saturated heterocycles. The number of anilines is 3. The highest BCUT2D eigenvalue weighted by atomic mass is 16.1. The normalized spacial score (nSPS) is 15.1. The van der Waals surface area contributed by atoms with E-state index >= 15 is 0 Å². The molecule has 2 N–H and O–H groups in total. The van der Waals surface area contributed by atoms with Gasteiger partial charge in [0.1, 0.15) is 0 Å². The van der Waals surface area contributed by atoms with Crippen LogP contribution in [0.1, 0.15) is 40.9 Å². The van der Waals surface area contributed by atoms with Gasteiger partial charge in [-0.3, -0.25) is 9.78 Å². The first-order valence-electron chi connectivity index (χ1n) is 15.7. The molecule has 8 nitrogen and oxygen atoms in total. The zero-order chi connectivity index (χ0) is 33.7. The molecule has 0 bridgehead atoms. The lowest BCUT2D eigenvalue weighted by Crippen LogP contribution is -2.13. The molecule has 0 aliphatic carbocycles. The summed E-state index contributed by atoms with van der Waals surface area (Å²) in [6.45, 7) is 0.643. The molecule has 8 heteroatoms. The summed E-state index contributed by atoms with van der Waals surface area (Å²) < 4.78 is 83.0. The van der Waals surface area contributed by atoms with Gasteiger partial charge in [0.25, 0.3) is 5.91 Å². The first kappa shape index (κ1) is 13.9. The molecular formula is C28H25N7O. The minimum absolute atomic E-state index is 0.0286. The summed E-state index contributed by atoms with van der Waals surface area (Å²) in [7, 11) is 0. The maximum absolute atomic E-state index is 13.5. The van der Waals surface area contributed by atoms with Gasteiger partial charge in [-0.2, -0.15) is 0 Å². The van der Waals surface area contributed by atoms with Gasteiger partial charge >= 0.3 is 0 Å². The molecule has 1 amide bonds. The van der Waals surface area contributed by atoms with E-state index in [1.807, 2.05) is 0 Å². The number of nitrogens with zero attached hydrogens (tertiary/aromatic N) is 5. The smallest absolute Gasteiger partial charge is 0.255 e. The maximum Gasteiger partial charge on any atom is 0.255 e. The predicted molar refractivity (Wildman–Crippen MR) is 141 cm³/mol. The quantitative estimate of drug-likeness (QED) is 0.323. The lowest BCUT2D eigenvalue weighted by atomic mass is 10.1. The minimum Gasteiger partial charge on any atom is -0.324 e. The van der Waals surface area contributed by atoms with Crippen LogP contribution in [-0.4, -0.2) is 30.4 Å². The lowest BCUT2D eigenvalue weighted by Gasteiger charge is -2.13. The monoisotopic (exact) mass is 485 g/mol. The molecule has 0 fully saturated rings. The first-order chi connectivity index (χ1) is 21.6. The van der Waals surface area contributed by atoms with Crippen molar-refractivity contribution in [2.24, 2.45) is 0 Å². The van der Waals surface area contributed by atoms with Gasteiger partial charge in [0, 0.05) is 57.0 Å². The zero-order valence-corrected chi connectivity index (χ0v) is 19.2. The SMILES string of the molecule is [2H]c1nc([2H])c(-c2ccnc(Nc3cc(C(=O)Nc4c([2H])c(C)c([2H])c(-n5cnc(C)c5)c4[2H])ccc3C([2H])([2H])[2H])n2)c([2H])c1[2H]. The number of rotatable bonds is 6. The Morgan fingerprint density at radius 3 is 2.89 bits per heavy atom. The number of benzene rings is 2. The van der Waals surface area contributed by atoms with E-state index in [1.54, 1.807) is 13.1 Å². The van der Waals surface area contributed by atoms with Crippen molar-refractivity contribution in [1.82, 2.24) is 24.5 Å². The zero-order valence-electron chi connectivity index (χ0n) is 29.2. The number of carbonyl (C=O) groups excluding carboxylic acids is 1. The fourth-order valence-corrected chi connectivity index (χ4v) is 3.32. The molecule has 5 rings (SSSR count). The van der Waals surface area contributed by atoms with Gasteiger partial charge in [0.15, 0.2) is 0 Å². The number of aryl methyl sites for hydroxylation is 2. The molecule has 178 valence electrons.